The highest BCUT2D eigenvalue weighted by molar-refractivity contribution is 5.83. The van der Waals surface area contributed by atoms with Crippen LogP contribution in [0.25, 0.3) is 10.9 Å². The largest absolute Gasteiger partial charge is 0.481 e. The van der Waals surface area contributed by atoms with Gasteiger partial charge >= 0.3 is 5.97 Å². The lowest BCUT2D eigenvalue weighted by atomic mass is 9.79. The monoisotopic (exact) mass is 257 g/mol. The summed E-state index contributed by atoms with van der Waals surface area (Å²) in [4.78, 5) is 15.9. The summed E-state index contributed by atoms with van der Waals surface area (Å²) in [7, 11) is 0. The number of carboxylic acids is 1. The van der Waals surface area contributed by atoms with Gasteiger partial charge in [0.25, 0.3) is 0 Å². The van der Waals surface area contributed by atoms with Crippen molar-refractivity contribution < 1.29 is 9.90 Å². The maximum absolute atomic E-state index is 11.5. The fourth-order valence-corrected chi connectivity index (χ4v) is 2.55. The van der Waals surface area contributed by atoms with Crippen molar-refractivity contribution in [1.82, 2.24) is 4.98 Å². The second-order valence-electron chi connectivity index (χ2n) is 5.28. The summed E-state index contributed by atoms with van der Waals surface area (Å²) in [6.45, 7) is 3.85. The van der Waals surface area contributed by atoms with Crippen molar-refractivity contribution in [2.24, 2.45) is 5.41 Å². The number of carboxylic acid groups (broad SMARTS) is 1. The third-order valence-electron chi connectivity index (χ3n) is 3.64. The lowest BCUT2D eigenvalue weighted by Gasteiger charge is -2.24. The van der Waals surface area contributed by atoms with Gasteiger partial charge in [0.15, 0.2) is 0 Å². The molecule has 1 N–H and O–H groups in total. The van der Waals surface area contributed by atoms with Crippen LogP contribution in [0.4, 0.5) is 0 Å². The zero-order valence-corrected chi connectivity index (χ0v) is 11.4. The van der Waals surface area contributed by atoms with E-state index in [1.165, 1.54) is 0 Å². The number of para-hydroxylation sites is 1. The third kappa shape index (κ3) is 2.75. The Morgan fingerprint density at radius 3 is 2.74 bits per heavy atom. The molecule has 1 atom stereocenters. The molecule has 1 unspecified atom stereocenters. The van der Waals surface area contributed by atoms with Crippen LogP contribution in [0.15, 0.2) is 36.5 Å². The predicted molar refractivity (Wildman–Crippen MR) is 76.1 cm³/mol. The maximum atomic E-state index is 11.5. The molecular weight excluding hydrogens is 238 g/mol. The smallest absolute Gasteiger partial charge is 0.309 e. The molecule has 1 heterocycles. The van der Waals surface area contributed by atoms with Gasteiger partial charge in [0.2, 0.25) is 0 Å². The van der Waals surface area contributed by atoms with Crippen LogP contribution in [0.3, 0.4) is 0 Å². The van der Waals surface area contributed by atoms with Crippen LogP contribution in [0.5, 0.6) is 0 Å². The van der Waals surface area contributed by atoms with Crippen molar-refractivity contribution in [3.05, 3.63) is 42.1 Å². The zero-order valence-electron chi connectivity index (χ0n) is 11.4. The van der Waals surface area contributed by atoms with Crippen molar-refractivity contribution in [1.29, 1.82) is 0 Å². The summed E-state index contributed by atoms with van der Waals surface area (Å²) in [5, 5.41) is 10.5. The molecule has 0 aliphatic heterocycles. The van der Waals surface area contributed by atoms with Crippen LogP contribution in [0, 0.1) is 5.41 Å². The Morgan fingerprint density at radius 2 is 2.05 bits per heavy atom. The van der Waals surface area contributed by atoms with Crippen LogP contribution in [-0.4, -0.2) is 16.1 Å². The average Bonchev–Trinajstić information content (AvgIpc) is 2.39. The molecule has 19 heavy (non-hydrogen) atoms. The number of nitrogens with zero attached hydrogens (tertiary/aromatic N) is 1. The van der Waals surface area contributed by atoms with E-state index in [1.807, 2.05) is 44.2 Å². The number of hydrogen-bond donors (Lipinski definition) is 1. The molecule has 0 aliphatic rings. The van der Waals surface area contributed by atoms with Crippen molar-refractivity contribution in [2.45, 2.75) is 33.1 Å². The van der Waals surface area contributed by atoms with Gasteiger partial charge in [-0.1, -0.05) is 31.5 Å². The first-order chi connectivity index (χ1) is 9.07. The van der Waals surface area contributed by atoms with Crippen LogP contribution in [0.2, 0.25) is 0 Å². The number of benzene rings is 1. The van der Waals surface area contributed by atoms with Gasteiger partial charge in [-0.15, -0.1) is 0 Å². The van der Waals surface area contributed by atoms with Crippen LogP contribution in [0.1, 0.15) is 32.3 Å². The van der Waals surface area contributed by atoms with Crippen LogP contribution < -0.4 is 0 Å². The lowest BCUT2D eigenvalue weighted by Crippen LogP contribution is -2.30. The number of aromatic nitrogens is 1. The quantitative estimate of drug-likeness (QED) is 0.889. The minimum atomic E-state index is -0.727. The fourth-order valence-electron chi connectivity index (χ4n) is 2.55. The molecule has 0 amide bonds. The van der Waals surface area contributed by atoms with Crippen molar-refractivity contribution in [2.75, 3.05) is 0 Å². The number of hydrogen-bond acceptors (Lipinski definition) is 2. The summed E-state index contributed by atoms with van der Waals surface area (Å²) in [6.07, 6.45) is 3.84. The predicted octanol–water partition coefficient (Wildman–Crippen LogP) is 3.67. The molecule has 3 nitrogen and oxygen atoms in total. The molecular formula is C16H19NO2. The van der Waals surface area contributed by atoms with Gasteiger partial charge in [0.05, 0.1) is 10.9 Å². The fraction of sp³-hybridized carbons (Fsp3) is 0.375. The van der Waals surface area contributed by atoms with E-state index in [1.54, 1.807) is 6.20 Å². The Kier molecular flexibility index (Phi) is 3.84. The molecule has 0 radical (unpaired) electrons. The first kappa shape index (κ1) is 13.5. The molecule has 1 aromatic carbocycles. The second-order valence-corrected chi connectivity index (χ2v) is 5.28. The van der Waals surface area contributed by atoms with E-state index in [4.69, 9.17) is 0 Å². The number of fused-ring (bicyclic) bond motifs is 1. The first-order valence-electron chi connectivity index (χ1n) is 6.63. The van der Waals surface area contributed by atoms with Gasteiger partial charge in [0, 0.05) is 11.6 Å². The van der Waals surface area contributed by atoms with Gasteiger partial charge in [0.1, 0.15) is 0 Å². The number of pyridine rings is 1. The normalized spacial score (nSPS) is 14.2. The zero-order chi connectivity index (χ0) is 13.9. The molecule has 0 aliphatic carbocycles. The lowest BCUT2D eigenvalue weighted by molar-refractivity contribution is -0.148. The van der Waals surface area contributed by atoms with Crippen molar-refractivity contribution >= 4 is 16.9 Å². The second kappa shape index (κ2) is 5.39. The summed E-state index contributed by atoms with van der Waals surface area (Å²) >= 11 is 0. The summed E-state index contributed by atoms with van der Waals surface area (Å²) < 4.78 is 0. The molecule has 1 aromatic heterocycles. The molecule has 0 saturated carbocycles. The Labute approximate surface area is 113 Å². The summed E-state index contributed by atoms with van der Waals surface area (Å²) in [6, 6.07) is 9.80. The third-order valence-corrected chi connectivity index (χ3v) is 3.64. The Balaban J connectivity index is 2.42. The van der Waals surface area contributed by atoms with Gasteiger partial charge in [-0.05, 0) is 37.5 Å². The van der Waals surface area contributed by atoms with Crippen LogP contribution >= 0.6 is 0 Å². The van der Waals surface area contributed by atoms with E-state index in [0.717, 1.165) is 22.9 Å². The number of aliphatic carboxylic acids is 1. The molecule has 0 saturated heterocycles. The standard InChI is InChI=1S/C16H19NO2/c1-3-9-16(2,15(18)19)11-12-8-10-17-14-7-5-4-6-13(12)14/h4-8,10H,3,9,11H2,1-2H3,(H,18,19). The minimum Gasteiger partial charge on any atom is -0.481 e. The average molecular weight is 257 g/mol. The summed E-state index contributed by atoms with van der Waals surface area (Å²) in [5.41, 5.74) is 1.27. The molecule has 100 valence electrons. The summed E-state index contributed by atoms with van der Waals surface area (Å²) in [5.74, 6) is -0.727. The molecule has 0 bridgehead atoms. The number of rotatable bonds is 5. The molecule has 2 rings (SSSR count). The highest BCUT2D eigenvalue weighted by atomic mass is 16.4. The van der Waals surface area contributed by atoms with E-state index in [0.29, 0.717) is 12.8 Å². The highest BCUT2D eigenvalue weighted by Gasteiger charge is 2.32. The topological polar surface area (TPSA) is 50.2 Å². The SMILES string of the molecule is CCCC(C)(Cc1ccnc2ccccc12)C(=O)O. The van der Waals surface area contributed by atoms with Gasteiger partial charge in [-0.3, -0.25) is 9.78 Å². The number of carbonyl (C=O) groups is 1. The van der Waals surface area contributed by atoms with Gasteiger partial charge in [-0.2, -0.15) is 0 Å². The van der Waals surface area contributed by atoms with E-state index in [2.05, 4.69) is 4.98 Å². The Bertz CT molecular complexity index is 589. The Morgan fingerprint density at radius 1 is 1.32 bits per heavy atom. The molecule has 3 heteroatoms. The van der Waals surface area contributed by atoms with E-state index in [9.17, 15) is 9.90 Å². The first-order valence-corrected chi connectivity index (χ1v) is 6.63. The molecule has 0 spiro atoms. The highest BCUT2D eigenvalue weighted by Crippen LogP contribution is 2.31. The van der Waals surface area contributed by atoms with Crippen molar-refractivity contribution in [3.63, 3.8) is 0 Å². The van der Waals surface area contributed by atoms with Gasteiger partial charge < -0.3 is 5.11 Å². The molecule has 0 fully saturated rings. The van der Waals surface area contributed by atoms with Crippen LogP contribution in [-0.2, 0) is 11.2 Å². The van der Waals surface area contributed by atoms with E-state index in [-0.39, 0.29) is 0 Å². The van der Waals surface area contributed by atoms with Crippen molar-refractivity contribution in [3.8, 4) is 0 Å². The Hall–Kier alpha value is -1.90. The maximum Gasteiger partial charge on any atom is 0.309 e. The van der Waals surface area contributed by atoms with Gasteiger partial charge in [-0.25, -0.2) is 0 Å². The minimum absolute atomic E-state index is 0.541. The van der Waals surface area contributed by atoms with E-state index < -0.39 is 11.4 Å². The van der Waals surface area contributed by atoms with E-state index >= 15 is 0 Å². The molecule has 2 aromatic rings.